The molecule has 0 spiro atoms. The van der Waals surface area contributed by atoms with Gasteiger partial charge in [-0.2, -0.15) is 0 Å². The van der Waals surface area contributed by atoms with E-state index in [0.717, 1.165) is 37.0 Å². The molecule has 0 bridgehead atoms. The van der Waals surface area contributed by atoms with Gasteiger partial charge in [-0.1, -0.05) is 70.2 Å². The highest BCUT2D eigenvalue weighted by molar-refractivity contribution is 5.76. The largest absolute Gasteiger partial charge is 0.465 e. The van der Waals surface area contributed by atoms with Crippen molar-refractivity contribution in [3.8, 4) is 0 Å². The Morgan fingerprint density at radius 1 is 0.844 bits per heavy atom. The van der Waals surface area contributed by atoms with Crippen molar-refractivity contribution >= 4 is 5.97 Å². The van der Waals surface area contributed by atoms with Crippen LogP contribution in [0.25, 0.3) is 0 Å². The van der Waals surface area contributed by atoms with E-state index in [2.05, 4.69) is 45.0 Å². The number of ether oxygens (including phenoxy) is 1. The summed E-state index contributed by atoms with van der Waals surface area (Å²) in [6, 6.07) is 9.46. The number of carbonyl (C=O) groups is 1. The first-order chi connectivity index (χ1) is 15.6. The number of esters is 1. The summed E-state index contributed by atoms with van der Waals surface area (Å²) in [6.45, 7) is 7.25. The van der Waals surface area contributed by atoms with Crippen LogP contribution in [0.2, 0.25) is 0 Å². The van der Waals surface area contributed by atoms with Crippen LogP contribution in [0.4, 0.5) is 0 Å². The molecule has 2 nitrogen and oxygen atoms in total. The molecule has 2 aliphatic rings. The first-order valence-electron chi connectivity index (χ1n) is 13.8. The molecule has 0 aromatic heterocycles. The minimum absolute atomic E-state index is 0.0710. The molecule has 0 N–H and O–H groups in total. The molecule has 2 aliphatic carbocycles. The quantitative estimate of drug-likeness (QED) is 0.254. The molecule has 0 atom stereocenters. The Hall–Kier alpha value is -1.31. The SMILES string of the molecule is CCCCCCCOC(=O)C1(C)CCC(C2CCC(c3ccc(CCC)cc3)CC2)CC1. The normalized spacial score (nSPS) is 28.4. The van der Waals surface area contributed by atoms with Gasteiger partial charge < -0.3 is 4.74 Å². The van der Waals surface area contributed by atoms with Crippen molar-refractivity contribution in [2.24, 2.45) is 17.3 Å². The summed E-state index contributed by atoms with van der Waals surface area (Å²) < 4.78 is 5.69. The summed E-state index contributed by atoms with van der Waals surface area (Å²) in [5, 5.41) is 0. The van der Waals surface area contributed by atoms with Gasteiger partial charge in [0, 0.05) is 0 Å². The first-order valence-corrected chi connectivity index (χ1v) is 13.8. The average Bonchev–Trinajstić information content (AvgIpc) is 2.82. The second kappa shape index (κ2) is 12.8. The predicted octanol–water partition coefficient (Wildman–Crippen LogP) is 8.62. The Morgan fingerprint density at radius 3 is 2.09 bits per heavy atom. The predicted molar refractivity (Wildman–Crippen MR) is 135 cm³/mol. The van der Waals surface area contributed by atoms with Gasteiger partial charge in [-0.25, -0.2) is 0 Å². The summed E-state index contributed by atoms with van der Waals surface area (Å²) in [5.74, 6) is 2.51. The van der Waals surface area contributed by atoms with Gasteiger partial charge in [0.15, 0.2) is 0 Å². The van der Waals surface area contributed by atoms with Gasteiger partial charge in [-0.3, -0.25) is 4.79 Å². The van der Waals surface area contributed by atoms with Crippen molar-refractivity contribution in [3.05, 3.63) is 35.4 Å². The monoisotopic (exact) mass is 440 g/mol. The summed E-state index contributed by atoms with van der Waals surface area (Å²) in [7, 11) is 0. The minimum atomic E-state index is -0.239. The number of rotatable bonds is 11. The zero-order valence-corrected chi connectivity index (χ0v) is 21.2. The summed E-state index contributed by atoms with van der Waals surface area (Å²) in [6.07, 6.45) is 18.3. The Kier molecular flexibility index (Phi) is 10.1. The highest BCUT2D eigenvalue weighted by Crippen LogP contribution is 2.47. The lowest BCUT2D eigenvalue weighted by atomic mass is 9.64. The molecule has 0 unspecified atom stereocenters. The highest BCUT2D eigenvalue weighted by atomic mass is 16.5. The second-order valence-electron chi connectivity index (χ2n) is 11.1. The molecule has 32 heavy (non-hydrogen) atoms. The molecule has 2 heteroatoms. The molecular formula is C30H48O2. The van der Waals surface area contributed by atoms with Gasteiger partial charge in [-0.15, -0.1) is 0 Å². The maximum absolute atomic E-state index is 12.7. The van der Waals surface area contributed by atoms with Crippen LogP contribution in [0, 0.1) is 17.3 Å². The van der Waals surface area contributed by atoms with Crippen LogP contribution < -0.4 is 0 Å². The fourth-order valence-electron chi connectivity index (χ4n) is 6.17. The van der Waals surface area contributed by atoms with Crippen LogP contribution in [-0.2, 0) is 16.0 Å². The molecule has 1 aromatic carbocycles. The van der Waals surface area contributed by atoms with E-state index in [1.807, 2.05) is 0 Å². The van der Waals surface area contributed by atoms with Crippen molar-refractivity contribution in [2.75, 3.05) is 6.61 Å². The number of unbranched alkanes of at least 4 members (excludes halogenated alkanes) is 4. The van der Waals surface area contributed by atoms with E-state index in [9.17, 15) is 4.79 Å². The van der Waals surface area contributed by atoms with E-state index in [1.54, 1.807) is 5.56 Å². The van der Waals surface area contributed by atoms with Gasteiger partial charge in [-0.05, 0) is 100 Å². The average molecular weight is 441 g/mol. The lowest BCUT2D eigenvalue weighted by Crippen LogP contribution is -2.36. The number of benzene rings is 1. The van der Waals surface area contributed by atoms with Crippen molar-refractivity contribution < 1.29 is 9.53 Å². The molecule has 0 amide bonds. The molecule has 180 valence electrons. The molecule has 3 rings (SSSR count). The fourth-order valence-corrected chi connectivity index (χ4v) is 6.17. The third-order valence-electron chi connectivity index (χ3n) is 8.54. The Morgan fingerprint density at radius 2 is 1.47 bits per heavy atom. The molecule has 0 aliphatic heterocycles. The Bertz CT molecular complexity index is 661. The maximum atomic E-state index is 12.7. The van der Waals surface area contributed by atoms with Gasteiger partial charge in [0.25, 0.3) is 0 Å². The van der Waals surface area contributed by atoms with Crippen LogP contribution in [0.15, 0.2) is 24.3 Å². The zero-order chi connectivity index (χ0) is 22.8. The molecular weight excluding hydrogens is 392 g/mol. The standard InChI is InChI=1S/C30H48O2/c1-4-6-7-8-9-23-32-29(31)30(3)21-19-28(20-22-30)27-17-15-26(16-18-27)25-13-11-24(10-5-2)12-14-25/h11-14,26-28H,4-10,15-23H2,1-3H3. The van der Waals surface area contributed by atoms with Gasteiger partial charge in [0.05, 0.1) is 12.0 Å². The van der Waals surface area contributed by atoms with E-state index in [4.69, 9.17) is 4.74 Å². The third-order valence-corrected chi connectivity index (χ3v) is 8.54. The summed E-state index contributed by atoms with van der Waals surface area (Å²) in [5.41, 5.74) is 2.79. The molecule has 2 fully saturated rings. The van der Waals surface area contributed by atoms with E-state index in [-0.39, 0.29) is 11.4 Å². The third kappa shape index (κ3) is 7.09. The summed E-state index contributed by atoms with van der Waals surface area (Å²) in [4.78, 5) is 12.7. The molecule has 1 aromatic rings. The van der Waals surface area contributed by atoms with E-state index < -0.39 is 0 Å². The molecule has 0 radical (unpaired) electrons. The smallest absolute Gasteiger partial charge is 0.311 e. The Balaban J connectivity index is 1.37. The fraction of sp³-hybridized carbons (Fsp3) is 0.767. The van der Waals surface area contributed by atoms with Gasteiger partial charge in [0.1, 0.15) is 0 Å². The maximum Gasteiger partial charge on any atom is 0.311 e. The van der Waals surface area contributed by atoms with Crippen LogP contribution in [0.5, 0.6) is 0 Å². The molecule has 0 saturated heterocycles. The topological polar surface area (TPSA) is 26.3 Å². The molecule has 2 saturated carbocycles. The van der Waals surface area contributed by atoms with Gasteiger partial charge >= 0.3 is 5.97 Å². The van der Waals surface area contributed by atoms with Crippen molar-refractivity contribution in [1.82, 2.24) is 0 Å². The van der Waals surface area contributed by atoms with Crippen LogP contribution in [0.3, 0.4) is 0 Å². The van der Waals surface area contributed by atoms with Crippen LogP contribution >= 0.6 is 0 Å². The number of aryl methyl sites for hydroxylation is 1. The zero-order valence-electron chi connectivity index (χ0n) is 21.2. The first kappa shape index (κ1) is 25.3. The van der Waals surface area contributed by atoms with Crippen molar-refractivity contribution in [1.29, 1.82) is 0 Å². The lowest BCUT2D eigenvalue weighted by Gasteiger charge is -2.41. The molecule has 0 heterocycles. The van der Waals surface area contributed by atoms with Crippen LogP contribution in [0.1, 0.15) is 128 Å². The number of carbonyl (C=O) groups excluding carboxylic acids is 1. The number of hydrogen-bond donors (Lipinski definition) is 0. The van der Waals surface area contributed by atoms with Gasteiger partial charge in [0.2, 0.25) is 0 Å². The van der Waals surface area contributed by atoms with Crippen molar-refractivity contribution in [2.45, 2.75) is 123 Å². The minimum Gasteiger partial charge on any atom is -0.465 e. The van der Waals surface area contributed by atoms with E-state index in [1.165, 1.54) is 82.6 Å². The van der Waals surface area contributed by atoms with Crippen LogP contribution in [-0.4, -0.2) is 12.6 Å². The highest BCUT2D eigenvalue weighted by Gasteiger charge is 2.41. The lowest BCUT2D eigenvalue weighted by molar-refractivity contribution is -0.158. The number of hydrogen-bond acceptors (Lipinski definition) is 2. The second-order valence-corrected chi connectivity index (χ2v) is 11.1. The van der Waals surface area contributed by atoms with E-state index >= 15 is 0 Å². The summed E-state index contributed by atoms with van der Waals surface area (Å²) >= 11 is 0. The van der Waals surface area contributed by atoms with E-state index in [0.29, 0.717) is 6.61 Å². The van der Waals surface area contributed by atoms with Crippen molar-refractivity contribution in [3.63, 3.8) is 0 Å². The Labute approximate surface area is 197 Å².